The summed E-state index contributed by atoms with van der Waals surface area (Å²) >= 11 is 0. The van der Waals surface area contributed by atoms with Gasteiger partial charge in [0.15, 0.2) is 0 Å². The average molecular weight is 489 g/mol. The second-order valence-electron chi connectivity index (χ2n) is 10.3. The molecule has 0 aliphatic heterocycles. The molecule has 0 fully saturated rings. The van der Waals surface area contributed by atoms with E-state index in [-0.39, 0.29) is 23.7 Å². The number of amides is 1. The van der Waals surface area contributed by atoms with Crippen LogP contribution in [0, 0.1) is 5.41 Å². The number of carbonyl (C=O) groups is 2. The molecule has 1 amide bonds. The van der Waals surface area contributed by atoms with Crippen molar-refractivity contribution in [3.8, 4) is 5.75 Å². The van der Waals surface area contributed by atoms with Gasteiger partial charge in [-0.15, -0.1) is 0 Å². The van der Waals surface area contributed by atoms with Crippen LogP contribution in [0.2, 0.25) is 0 Å². The number of anilines is 1. The number of rotatable bonds is 10. The van der Waals surface area contributed by atoms with Gasteiger partial charge in [-0.25, -0.2) is 4.79 Å². The minimum atomic E-state index is -0.766. The lowest BCUT2D eigenvalue weighted by Crippen LogP contribution is -2.43. The fourth-order valence-corrected chi connectivity index (χ4v) is 3.74. The summed E-state index contributed by atoms with van der Waals surface area (Å²) in [7, 11) is 0. The number of benzene rings is 3. The first-order valence-corrected chi connectivity index (χ1v) is 12.3. The van der Waals surface area contributed by atoms with Crippen molar-refractivity contribution in [3.05, 3.63) is 95.1 Å². The van der Waals surface area contributed by atoms with Gasteiger partial charge in [0, 0.05) is 11.3 Å². The number of nitrogen functional groups attached to an aromatic ring is 1. The van der Waals surface area contributed by atoms with E-state index in [4.69, 9.17) is 10.5 Å². The van der Waals surface area contributed by atoms with Crippen LogP contribution in [0.25, 0.3) is 0 Å². The van der Waals surface area contributed by atoms with Crippen LogP contribution in [0.4, 0.5) is 5.69 Å². The number of nitrogens with two attached hydrogens (primary N) is 1. The number of hydrogen-bond donors (Lipinski definition) is 3. The second-order valence-corrected chi connectivity index (χ2v) is 10.3. The third-order valence-electron chi connectivity index (χ3n) is 5.83. The summed E-state index contributed by atoms with van der Waals surface area (Å²) in [5.74, 6) is -0.552. The van der Waals surface area contributed by atoms with Gasteiger partial charge in [0.05, 0.1) is 6.61 Å². The molecule has 3 rings (SSSR count). The van der Waals surface area contributed by atoms with E-state index < -0.39 is 12.0 Å². The lowest BCUT2D eigenvalue weighted by atomic mass is 9.98. The Kier molecular flexibility index (Phi) is 9.12. The fourth-order valence-electron chi connectivity index (χ4n) is 3.74. The van der Waals surface area contributed by atoms with E-state index in [1.165, 1.54) is 0 Å². The fraction of sp³-hybridized carbons (Fsp3) is 0.333. The molecule has 0 spiro atoms. The first-order valence-electron chi connectivity index (χ1n) is 12.3. The van der Waals surface area contributed by atoms with Gasteiger partial charge in [-0.3, -0.25) is 4.79 Å². The molecule has 4 N–H and O–H groups in total. The molecule has 0 aromatic heterocycles. The third kappa shape index (κ3) is 8.45. The Balaban J connectivity index is 1.70. The molecule has 6 nitrogen and oxygen atoms in total. The Morgan fingerprint density at radius 2 is 1.58 bits per heavy atom. The topological polar surface area (TPSA) is 102 Å². The number of aryl methyl sites for hydroxylation is 3. The molecule has 0 heterocycles. The monoisotopic (exact) mass is 488 g/mol. The van der Waals surface area contributed by atoms with E-state index in [2.05, 4.69) is 5.32 Å². The van der Waals surface area contributed by atoms with E-state index in [1.54, 1.807) is 30.3 Å². The average Bonchev–Trinajstić information content (AvgIpc) is 2.85. The third-order valence-corrected chi connectivity index (χ3v) is 5.83. The standard InChI is InChI=1S/C30H36N2O4/c1-30(2,3)20-36-29(35)27(18-12-21-7-5-4-6-8-21)32-28(34)24-14-17-26(31)23(19-24)13-9-22-10-15-25(33)16-11-22/h4-8,10-11,14-17,19,27,33H,9,12-13,18,20,31H2,1-3H3,(H,32,34). The molecule has 1 unspecified atom stereocenters. The van der Waals surface area contributed by atoms with Crippen molar-refractivity contribution in [2.24, 2.45) is 5.41 Å². The van der Waals surface area contributed by atoms with Crippen molar-refractivity contribution < 1.29 is 19.4 Å². The van der Waals surface area contributed by atoms with Crippen LogP contribution in [0.15, 0.2) is 72.8 Å². The molecule has 6 heteroatoms. The van der Waals surface area contributed by atoms with E-state index in [0.717, 1.165) is 16.7 Å². The summed E-state index contributed by atoms with van der Waals surface area (Å²) in [4.78, 5) is 26.1. The molecule has 1 atom stereocenters. The zero-order valence-corrected chi connectivity index (χ0v) is 21.3. The molecule has 190 valence electrons. The maximum Gasteiger partial charge on any atom is 0.328 e. The highest BCUT2D eigenvalue weighted by Crippen LogP contribution is 2.19. The molecule has 36 heavy (non-hydrogen) atoms. The maximum atomic E-state index is 13.2. The Morgan fingerprint density at radius 1 is 0.917 bits per heavy atom. The van der Waals surface area contributed by atoms with Crippen LogP contribution < -0.4 is 11.1 Å². The predicted octanol–water partition coefficient (Wildman–Crippen LogP) is 5.08. The largest absolute Gasteiger partial charge is 0.508 e. The van der Waals surface area contributed by atoms with Crippen LogP contribution in [0.3, 0.4) is 0 Å². The Bertz CT molecular complexity index is 1150. The highest BCUT2D eigenvalue weighted by Gasteiger charge is 2.25. The summed E-state index contributed by atoms with van der Waals surface area (Å²) in [6, 6.07) is 21.3. The smallest absolute Gasteiger partial charge is 0.328 e. The predicted molar refractivity (Wildman–Crippen MR) is 143 cm³/mol. The van der Waals surface area contributed by atoms with Crippen molar-refractivity contribution in [3.63, 3.8) is 0 Å². The van der Waals surface area contributed by atoms with Gasteiger partial charge in [-0.2, -0.15) is 0 Å². The lowest BCUT2D eigenvalue weighted by molar-refractivity contribution is -0.148. The van der Waals surface area contributed by atoms with E-state index in [1.807, 2.05) is 63.2 Å². The van der Waals surface area contributed by atoms with Crippen LogP contribution in [0.5, 0.6) is 5.75 Å². The quantitative estimate of drug-likeness (QED) is 0.273. The van der Waals surface area contributed by atoms with Crippen molar-refractivity contribution >= 4 is 17.6 Å². The highest BCUT2D eigenvalue weighted by atomic mass is 16.5. The number of hydrogen-bond acceptors (Lipinski definition) is 5. The molecule has 0 aliphatic carbocycles. The van der Waals surface area contributed by atoms with Gasteiger partial charge in [0.1, 0.15) is 11.8 Å². The SMILES string of the molecule is CC(C)(C)COC(=O)C(CCc1ccccc1)NC(=O)c1ccc(N)c(CCc2ccc(O)cc2)c1. The van der Waals surface area contributed by atoms with Crippen LogP contribution in [-0.4, -0.2) is 29.6 Å². The Labute approximate surface area is 213 Å². The number of carbonyl (C=O) groups excluding carboxylic acids is 2. The number of aromatic hydroxyl groups is 1. The molecular weight excluding hydrogens is 452 g/mol. The minimum Gasteiger partial charge on any atom is -0.508 e. The van der Waals surface area contributed by atoms with E-state index in [0.29, 0.717) is 36.9 Å². The summed E-state index contributed by atoms with van der Waals surface area (Å²) in [6.45, 7) is 6.25. The van der Waals surface area contributed by atoms with E-state index in [9.17, 15) is 14.7 Å². The van der Waals surface area contributed by atoms with Gasteiger partial charge in [-0.1, -0.05) is 63.2 Å². The number of phenolic OH excluding ortho intramolecular Hbond substituents is 1. The molecular formula is C30H36N2O4. The molecule has 3 aromatic carbocycles. The number of nitrogens with one attached hydrogen (secondary N) is 1. The van der Waals surface area contributed by atoms with Crippen LogP contribution >= 0.6 is 0 Å². The van der Waals surface area contributed by atoms with Gasteiger partial charge >= 0.3 is 5.97 Å². The first kappa shape index (κ1) is 26.8. The van der Waals surface area contributed by atoms with Crippen molar-refractivity contribution in [1.29, 1.82) is 0 Å². The summed E-state index contributed by atoms with van der Waals surface area (Å²) < 4.78 is 5.54. The number of ether oxygens (including phenoxy) is 1. The van der Waals surface area contributed by atoms with Crippen LogP contribution in [0.1, 0.15) is 54.2 Å². The lowest BCUT2D eigenvalue weighted by Gasteiger charge is -2.22. The van der Waals surface area contributed by atoms with Gasteiger partial charge in [-0.05, 0) is 78.1 Å². The molecule has 0 saturated carbocycles. The molecule has 0 saturated heterocycles. The van der Waals surface area contributed by atoms with Crippen molar-refractivity contribution in [2.45, 2.75) is 52.5 Å². The van der Waals surface area contributed by atoms with Crippen LogP contribution in [-0.2, 0) is 28.8 Å². The normalized spacial score (nSPS) is 12.1. The molecule has 0 aliphatic rings. The summed E-state index contributed by atoms with van der Waals surface area (Å²) in [6.07, 6.45) is 2.43. The zero-order chi connectivity index (χ0) is 26.1. The first-order chi connectivity index (χ1) is 17.1. The Hall–Kier alpha value is -3.80. The minimum absolute atomic E-state index is 0.174. The molecule has 3 aromatic rings. The second kappa shape index (κ2) is 12.2. The van der Waals surface area contributed by atoms with Crippen molar-refractivity contribution in [2.75, 3.05) is 12.3 Å². The van der Waals surface area contributed by atoms with Gasteiger partial charge in [0.2, 0.25) is 0 Å². The molecule has 0 radical (unpaired) electrons. The Morgan fingerprint density at radius 3 is 2.25 bits per heavy atom. The zero-order valence-electron chi connectivity index (χ0n) is 21.3. The van der Waals surface area contributed by atoms with Gasteiger partial charge in [0.25, 0.3) is 5.91 Å². The highest BCUT2D eigenvalue weighted by molar-refractivity contribution is 5.97. The maximum absolute atomic E-state index is 13.2. The summed E-state index contributed by atoms with van der Waals surface area (Å²) in [5.41, 5.74) is 10.1. The van der Waals surface area contributed by atoms with E-state index >= 15 is 0 Å². The summed E-state index contributed by atoms with van der Waals surface area (Å²) in [5, 5.41) is 12.4. The van der Waals surface area contributed by atoms with Crippen molar-refractivity contribution in [1.82, 2.24) is 5.32 Å². The van der Waals surface area contributed by atoms with Gasteiger partial charge < -0.3 is 20.9 Å². The number of esters is 1. The number of phenols is 1. The molecule has 0 bridgehead atoms.